The molecule has 0 aliphatic carbocycles. The lowest BCUT2D eigenvalue weighted by molar-refractivity contribution is -0.124. The van der Waals surface area contributed by atoms with E-state index in [0.717, 1.165) is 34.8 Å². The maximum Gasteiger partial charge on any atom is 0.258 e. The van der Waals surface area contributed by atoms with E-state index in [1.165, 1.54) is 0 Å². The minimum absolute atomic E-state index is 0.0153. The van der Waals surface area contributed by atoms with Crippen molar-refractivity contribution in [3.8, 4) is 17.2 Å². The summed E-state index contributed by atoms with van der Waals surface area (Å²) in [4.78, 5) is 12.5. The van der Waals surface area contributed by atoms with Crippen LogP contribution in [0.2, 0.25) is 0 Å². The maximum absolute atomic E-state index is 12.5. The van der Waals surface area contributed by atoms with E-state index < -0.39 is 0 Å². The number of carbonyl (C=O) groups is 1. The van der Waals surface area contributed by atoms with Gasteiger partial charge in [-0.15, -0.1) is 0 Å². The van der Waals surface area contributed by atoms with Gasteiger partial charge in [-0.1, -0.05) is 38.1 Å². The van der Waals surface area contributed by atoms with Gasteiger partial charge in [-0.2, -0.15) is 0 Å². The summed E-state index contributed by atoms with van der Waals surface area (Å²) in [5.74, 6) is 2.29. The molecule has 1 heterocycles. The Morgan fingerprint density at radius 1 is 1.11 bits per heavy atom. The summed E-state index contributed by atoms with van der Waals surface area (Å²) in [6.07, 6.45) is 0.866. The molecular weight excluding hydrogens is 342 g/mol. The summed E-state index contributed by atoms with van der Waals surface area (Å²) in [5, 5.41) is 3.08. The molecule has 27 heavy (non-hydrogen) atoms. The number of hydrogen-bond donors (Lipinski definition) is 1. The fourth-order valence-corrected chi connectivity index (χ4v) is 3.09. The van der Waals surface area contributed by atoms with Crippen LogP contribution in [0.4, 0.5) is 0 Å². The molecule has 0 radical (unpaired) electrons. The van der Waals surface area contributed by atoms with Crippen molar-refractivity contribution in [2.24, 2.45) is 5.92 Å². The number of para-hydroxylation sites is 1. The molecule has 0 saturated carbocycles. The van der Waals surface area contributed by atoms with Crippen molar-refractivity contribution in [1.29, 1.82) is 0 Å². The summed E-state index contributed by atoms with van der Waals surface area (Å²) in [6.45, 7) is 7.40. The number of hydrogen-bond acceptors (Lipinski definition) is 4. The number of fused-ring (bicyclic) bond motifs is 1. The van der Waals surface area contributed by atoms with Gasteiger partial charge in [-0.3, -0.25) is 4.79 Å². The molecule has 5 heteroatoms. The standard InChI is InChI=1S/C22H27NO4/c1-15(2)22(17-9-10-19-20(13-17)26-12-6-11-25-19)23-21(24)14-27-18-8-5-4-7-16(18)3/h4-5,7-10,13,15,22H,6,11-12,14H2,1-3H3,(H,23,24)/t22-/m1/s1. The van der Waals surface area contributed by atoms with Crippen molar-refractivity contribution < 1.29 is 19.0 Å². The molecular formula is C22H27NO4. The average molecular weight is 369 g/mol. The zero-order valence-electron chi connectivity index (χ0n) is 16.2. The molecule has 0 spiro atoms. The van der Waals surface area contributed by atoms with Crippen molar-refractivity contribution in [3.63, 3.8) is 0 Å². The second-order valence-electron chi connectivity index (χ2n) is 7.10. The van der Waals surface area contributed by atoms with Crippen LogP contribution in [0.25, 0.3) is 0 Å². The number of nitrogens with one attached hydrogen (secondary N) is 1. The number of ether oxygens (including phenoxy) is 3. The van der Waals surface area contributed by atoms with Crippen LogP contribution in [0.5, 0.6) is 17.2 Å². The molecule has 5 nitrogen and oxygen atoms in total. The van der Waals surface area contributed by atoms with Crippen LogP contribution in [0.3, 0.4) is 0 Å². The Bertz CT molecular complexity index is 788. The summed E-state index contributed by atoms with van der Waals surface area (Å²) < 4.78 is 17.1. The molecule has 0 fully saturated rings. The first-order chi connectivity index (χ1) is 13.0. The van der Waals surface area contributed by atoms with Crippen molar-refractivity contribution in [1.82, 2.24) is 5.32 Å². The lowest BCUT2D eigenvalue weighted by Crippen LogP contribution is -2.35. The summed E-state index contributed by atoms with van der Waals surface area (Å²) in [7, 11) is 0. The Labute approximate surface area is 160 Å². The molecule has 0 saturated heterocycles. The Morgan fingerprint density at radius 2 is 1.85 bits per heavy atom. The van der Waals surface area contributed by atoms with Crippen LogP contribution < -0.4 is 19.5 Å². The van der Waals surface area contributed by atoms with Crippen molar-refractivity contribution in [2.75, 3.05) is 19.8 Å². The Kier molecular flexibility index (Phi) is 6.22. The van der Waals surface area contributed by atoms with Crippen LogP contribution >= 0.6 is 0 Å². The monoisotopic (exact) mass is 369 g/mol. The number of amides is 1. The Morgan fingerprint density at radius 3 is 2.59 bits per heavy atom. The number of aryl methyl sites for hydroxylation is 1. The third kappa shape index (κ3) is 4.94. The predicted molar refractivity (Wildman–Crippen MR) is 104 cm³/mol. The highest BCUT2D eigenvalue weighted by Gasteiger charge is 2.21. The Hall–Kier alpha value is -2.69. The lowest BCUT2D eigenvalue weighted by Gasteiger charge is -2.24. The molecule has 1 aliphatic rings. The molecule has 3 rings (SSSR count). The number of carbonyl (C=O) groups excluding carboxylic acids is 1. The molecule has 1 amide bonds. The zero-order valence-corrected chi connectivity index (χ0v) is 16.2. The van der Waals surface area contributed by atoms with Gasteiger partial charge in [-0.05, 0) is 42.2 Å². The van der Waals surface area contributed by atoms with Crippen LogP contribution in [0.15, 0.2) is 42.5 Å². The first-order valence-electron chi connectivity index (χ1n) is 9.42. The van der Waals surface area contributed by atoms with Gasteiger partial charge in [0.2, 0.25) is 0 Å². The summed E-state index contributed by atoms with van der Waals surface area (Å²) >= 11 is 0. The predicted octanol–water partition coefficient (Wildman–Crippen LogP) is 4.05. The van der Waals surface area contributed by atoms with Crippen LogP contribution in [0, 0.1) is 12.8 Å². The van der Waals surface area contributed by atoms with E-state index in [0.29, 0.717) is 13.2 Å². The molecule has 2 aromatic carbocycles. The normalized spacial score (nSPS) is 14.4. The second kappa shape index (κ2) is 8.80. The highest BCUT2D eigenvalue weighted by atomic mass is 16.5. The summed E-state index contributed by atoms with van der Waals surface area (Å²) in [6, 6.07) is 13.4. The highest BCUT2D eigenvalue weighted by Crippen LogP contribution is 2.34. The van der Waals surface area contributed by atoms with Crippen LogP contribution in [0.1, 0.15) is 37.4 Å². The molecule has 1 aliphatic heterocycles. The minimum atomic E-state index is -0.149. The van der Waals surface area contributed by atoms with E-state index >= 15 is 0 Å². The second-order valence-corrected chi connectivity index (χ2v) is 7.10. The minimum Gasteiger partial charge on any atom is -0.490 e. The largest absolute Gasteiger partial charge is 0.490 e. The van der Waals surface area contributed by atoms with E-state index in [-0.39, 0.29) is 24.5 Å². The van der Waals surface area contributed by atoms with E-state index in [1.54, 1.807) is 0 Å². The van der Waals surface area contributed by atoms with Gasteiger partial charge < -0.3 is 19.5 Å². The average Bonchev–Trinajstić information content (AvgIpc) is 2.90. The third-order valence-electron chi connectivity index (χ3n) is 4.57. The quantitative estimate of drug-likeness (QED) is 0.835. The molecule has 144 valence electrons. The van der Waals surface area contributed by atoms with Gasteiger partial charge in [0.25, 0.3) is 5.91 Å². The van der Waals surface area contributed by atoms with Gasteiger partial charge >= 0.3 is 0 Å². The summed E-state index contributed by atoms with van der Waals surface area (Å²) in [5.41, 5.74) is 2.01. The number of rotatable bonds is 6. The van der Waals surface area contributed by atoms with E-state index in [1.807, 2.05) is 49.4 Å². The SMILES string of the molecule is Cc1ccccc1OCC(=O)N[C@@H](c1ccc2c(c1)OCCCO2)C(C)C. The molecule has 0 bridgehead atoms. The fraction of sp³-hybridized carbons (Fsp3) is 0.409. The van der Waals surface area contributed by atoms with E-state index in [4.69, 9.17) is 14.2 Å². The van der Waals surface area contributed by atoms with Crippen molar-refractivity contribution >= 4 is 5.91 Å². The zero-order chi connectivity index (χ0) is 19.2. The molecule has 1 atom stereocenters. The lowest BCUT2D eigenvalue weighted by atomic mass is 9.95. The smallest absolute Gasteiger partial charge is 0.258 e. The first-order valence-corrected chi connectivity index (χ1v) is 9.42. The third-order valence-corrected chi connectivity index (χ3v) is 4.57. The maximum atomic E-state index is 12.5. The topological polar surface area (TPSA) is 56.8 Å². The molecule has 1 N–H and O–H groups in total. The van der Waals surface area contributed by atoms with Gasteiger partial charge in [0.05, 0.1) is 19.3 Å². The van der Waals surface area contributed by atoms with E-state index in [9.17, 15) is 4.79 Å². The Balaban J connectivity index is 1.68. The number of benzene rings is 2. The molecule has 0 aromatic heterocycles. The van der Waals surface area contributed by atoms with Gasteiger partial charge in [-0.25, -0.2) is 0 Å². The van der Waals surface area contributed by atoms with Crippen LogP contribution in [-0.4, -0.2) is 25.7 Å². The highest BCUT2D eigenvalue weighted by molar-refractivity contribution is 5.78. The van der Waals surface area contributed by atoms with Crippen molar-refractivity contribution in [2.45, 2.75) is 33.2 Å². The van der Waals surface area contributed by atoms with Gasteiger partial charge in [0.1, 0.15) is 5.75 Å². The van der Waals surface area contributed by atoms with Crippen molar-refractivity contribution in [3.05, 3.63) is 53.6 Å². The van der Waals surface area contributed by atoms with Gasteiger partial charge in [0, 0.05) is 6.42 Å². The van der Waals surface area contributed by atoms with Crippen LogP contribution in [-0.2, 0) is 4.79 Å². The molecule has 0 unspecified atom stereocenters. The first kappa shape index (κ1) is 19.1. The van der Waals surface area contributed by atoms with E-state index in [2.05, 4.69) is 19.2 Å². The fourth-order valence-electron chi connectivity index (χ4n) is 3.09. The molecule has 2 aromatic rings. The van der Waals surface area contributed by atoms with Gasteiger partial charge in [0.15, 0.2) is 18.1 Å².